The highest BCUT2D eigenvalue weighted by atomic mass is 16.5. The molecule has 0 spiro atoms. The Balaban J connectivity index is 1.75. The topological polar surface area (TPSA) is 58.6 Å². The fraction of sp³-hybridized carbons (Fsp3) is 0.500. The molecule has 1 saturated heterocycles. The van der Waals surface area contributed by atoms with Gasteiger partial charge in [-0.15, -0.1) is 0 Å². The van der Waals surface area contributed by atoms with Gasteiger partial charge in [0.25, 0.3) is 0 Å². The second-order valence-electron chi connectivity index (χ2n) is 5.02. The number of hydrogen-bond donors (Lipinski definition) is 1. The van der Waals surface area contributed by atoms with E-state index in [0.717, 1.165) is 11.3 Å². The Kier molecular flexibility index (Phi) is 5.75. The number of Topliss-reactive ketones (excluding diaryl/α,β-unsaturated/α-hetero) is 1. The van der Waals surface area contributed by atoms with E-state index in [1.807, 2.05) is 36.1 Å². The summed E-state index contributed by atoms with van der Waals surface area (Å²) in [6.07, 6.45) is 0.983. The van der Waals surface area contributed by atoms with Gasteiger partial charge in [0, 0.05) is 43.7 Å². The summed E-state index contributed by atoms with van der Waals surface area (Å²) in [5, 5.41) is 3.21. The van der Waals surface area contributed by atoms with E-state index in [1.54, 1.807) is 0 Å². The summed E-state index contributed by atoms with van der Waals surface area (Å²) in [5.74, 6) is 0.299. The lowest BCUT2D eigenvalue weighted by molar-refractivity contribution is -0.134. The molecule has 1 aromatic rings. The van der Waals surface area contributed by atoms with Crippen LogP contribution in [0.2, 0.25) is 0 Å². The van der Waals surface area contributed by atoms with Crippen molar-refractivity contribution in [3.05, 3.63) is 29.8 Å². The first-order chi connectivity index (χ1) is 10.2. The summed E-state index contributed by atoms with van der Waals surface area (Å²) in [4.78, 5) is 25.3. The van der Waals surface area contributed by atoms with Crippen LogP contribution in [0.1, 0.15) is 30.1 Å². The van der Waals surface area contributed by atoms with E-state index in [9.17, 15) is 9.59 Å². The average Bonchev–Trinajstić information content (AvgIpc) is 2.55. The molecule has 1 amide bonds. The number of rotatable bonds is 6. The van der Waals surface area contributed by atoms with Crippen molar-refractivity contribution in [2.24, 2.45) is 0 Å². The van der Waals surface area contributed by atoms with Gasteiger partial charge in [-0.25, -0.2) is 0 Å². The first-order valence-electron chi connectivity index (χ1n) is 7.43. The van der Waals surface area contributed by atoms with Crippen LogP contribution < -0.4 is 5.32 Å². The van der Waals surface area contributed by atoms with E-state index in [1.165, 1.54) is 0 Å². The number of morpholine rings is 1. The molecule has 5 heteroatoms. The van der Waals surface area contributed by atoms with E-state index in [0.29, 0.717) is 45.7 Å². The largest absolute Gasteiger partial charge is 0.385 e. The number of nitrogens with one attached hydrogen (secondary N) is 1. The Hall–Kier alpha value is -1.88. The number of benzene rings is 1. The summed E-state index contributed by atoms with van der Waals surface area (Å²) in [6.45, 7) is 5.08. The van der Waals surface area contributed by atoms with Crippen LogP contribution in [0.3, 0.4) is 0 Å². The van der Waals surface area contributed by atoms with Crippen LogP contribution >= 0.6 is 0 Å². The molecule has 0 bridgehead atoms. The number of carbonyl (C=O) groups is 2. The minimum atomic E-state index is 0.143. The van der Waals surface area contributed by atoms with Crippen LogP contribution in [0.25, 0.3) is 0 Å². The van der Waals surface area contributed by atoms with Crippen LogP contribution in [0.5, 0.6) is 0 Å². The quantitative estimate of drug-likeness (QED) is 0.813. The summed E-state index contributed by atoms with van der Waals surface area (Å²) in [7, 11) is 0. The first-order valence-corrected chi connectivity index (χ1v) is 7.43. The number of ketones is 1. The molecule has 0 aromatic heterocycles. The van der Waals surface area contributed by atoms with Gasteiger partial charge in [-0.1, -0.05) is 6.92 Å². The molecule has 0 saturated carbocycles. The second kappa shape index (κ2) is 7.78. The van der Waals surface area contributed by atoms with Gasteiger partial charge in [-0.2, -0.15) is 0 Å². The summed E-state index contributed by atoms with van der Waals surface area (Å²) in [5.41, 5.74) is 1.66. The van der Waals surface area contributed by atoms with E-state index < -0.39 is 0 Å². The van der Waals surface area contributed by atoms with E-state index in [4.69, 9.17) is 4.74 Å². The first kappa shape index (κ1) is 15.5. The van der Waals surface area contributed by atoms with Gasteiger partial charge in [0.2, 0.25) is 5.91 Å². The molecule has 1 fully saturated rings. The second-order valence-corrected chi connectivity index (χ2v) is 5.02. The van der Waals surface area contributed by atoms with Crippen molar-refractivity contribution in [1.82, 2.24) is 4.90 Å². The Labute approximate surface area is 125 Å². The normalized spacial score (nSPS) is 14.8. The highest BCUT2D eigenvalue weighted by Gasteiger charge is 2.15. The smallest absolute Gasteiger partial charge is 0.224 e. The molecule has 1 heterocycles. The fourth-order valence-electron chi connectivity index (χ4n) is 2.26. The molecule has 2 rings (SSSR count). The van der Waals surface area contributed by atoms with Gasteiger partial charge in [-0.05, 0) is 24.3 Å². The predicted octanol–water partition coefficient (Wildman–Crippen LogP) is 1.94. The Morgan fingerprint density at radius 1 is 1.19 bits per heavy atom. The monoisotopic (exact) mass is 290 g/mol. The zero-order valence-electron chi connectivity index (χ0n) is 12.4. The van der Waals surface area contributed by atoms with Crippen molar-refractivity contribution < 1.29 is 14.3 Å². The van der Waals surface area contributed by atoms with Gasteiger partial charge in [0.05, 0.1) is 13.2 Å². The zero-order valence-corrected chi connectivity index (χ0v) is 12.4. The molecule has 114 valence electrons. The molecule has 0 atom stereocenters. The summed E-state index contributed by atoms with van der Waals surface area (Å²) in [6, 6.07) is 7.39. The van der Waals surface area contributed by atoms with Gasteiger partial charge in [-0.3, -0.25) is 9.59 Å². The van der Waals surface area contributed by atoms with Crippen molar-refractivity contribution in [2.45, 2.75) is 19.8 Å². The Morgan fingerprint density at radius 2 is 1.86 bits per heavy atom. The molecule has 0 unspecified atom stereocenters. The van der Waals surface area contributed by atoms with Gasteiger partial charge in [0.1, 0.15) is 0 Å². The summed E-state index contributed by atoms with van der Waals surface area (Å²) >= 11 is 0. The van der Waals surface area contributed by atoms with Crippen molar-refractivity contribution in [2.75, 3.05) is 38.2 Å². The van der Waals surface area contributed by atoms with Crippen molar-refractivity contribution in [3.63, 3.8) is 0 Å². The molecular weight excluding hydrogens is 268 g/mol. The molecule has 1 aliphatic heterocycles. The molecule has 0 aliphatic carbocycles. The maximum absolute atomic E-state index is 12.0. The molecular formula is C16H22N2O3. The van der Waals surface area contributed by atoms with Crippen LogP contribution in [0, 0.1) is 0 Å². The molecule has 5 nitrogen and oxygen atoms in total. The number of anilines is 1. The highest BCUT2D eigenvalue weighted by molar-refractivity contribution is 5.96. The van der Waals surface area contributed by atoms with Crippen molar-refractivity contribution >= 4 is 17.4 Å². The minimum Gasteiger partial charge on any atom is -0.385 e. The third-order valence-corrected chi connectivity index (χ3v) is 3.56. The minimum absolute atomic E-state index is 0.143. The van der Waals surface area contributed by atoms with Crippen LogP contribution in [0.15, 0.2) is 24.3 Å². The molecule has 21 heavy (non-hydrogen) atoms. The number of carbonyl (C=O) groups excluding carboxylic acids is 2. The van der Waals surface area contributed by atoms with Gasteiger partial charge >= 0.3 is 0 Å². The van der Waals surface area contributed by atoms with E-state index >= 15 is 0 Å². The molecule has 1 N–H and O–H groups in total. The zero-order chi connectivity index (χ0) is 15.1. The third kappa shape index (κ3) is 4.56. The lowest BCUT2D eigenvalue weighted by atomic mass is 10.1. The van der Waals surface area contributed by atoms with Crippen LogP contribution in [-0.2, 0) is 9.53 Å². The van der Waals surface area contributed by atoms with E-state index in [-0.39, 0.29) is 11.7 Å². The number of hydrogen-bond acceptors (Lipinski definition) is 4. The Bertz CT molecular complexity index is 479. The number of ether oxygens (including phenoxy) is 1. The lowest BCUT2D eigenvalue weighted by Gasteiger charge is -2.26. The van der Waals surface area contributed by atoms with Crippen LogP contribution in [0.4, 0.5) is 5.69 Å². The maximum Gasteiger partial charge on any atom is 0.224 e. The van der Waals surface area contributed by atoms with E-state index in [2.05, 4.69) is 5.32 Å². The SMILES string of the molecule is CCC(=O)c1ccc(NCCC(=O)N2CCOCC2)cc1. The number of nitrogens with zero attached hydrogens (tertiary/aromatic N) is 1. The van der Waals surface area contributed by atoms with Crippen molar-refractivity contribution in [3.8, 4) is 0 Å². The Morgan fingerprint density at radius 3 is 2.48 bits per heavy atom. The molecule has 0 radical (unpaired) electrons. The van der Waals surface area contributed by atoms with Gasteiger partial charge < -0.3 is 15.0 Å². The lowest BCUT2D eigenvalue weighted by Crippen LogP contribution is -2.41. The van der Waals surface area contributed by atoms with Crippen molar-refractivity contribution in [1.29, 1.82) is 0 Å². The van der Waals surface area contributed by atoms with Gasteiger partial charge in [0.15, 0.2) is 5.78 Å². The molecule has 1 aliphatic rings. The summed E-state index contributed by atoms with van der Waals surface area (Å²) < 4.78 is 5.23. The fourth-order valence-corrected chi connectivity index (χ4v) is 2.26. The number of amides is 1. The predicted molar refractivity (Wildman–Crippen MR) is 81.6 cm³/mol. The highest BCUT2D eigenvalue weighted by Crippen LogP contribution is 2.11. The average molecular weight is 290 g/mol. The van der Waals surface area contributed by atoms with Crippen LogP contribution in [-0.4, -0.2) is 49.4 Å². The third-order valence-electron chi connectivity index (χ3n) is 3.56. The molecule has 1 aromatic carbocycles. The maximum atomic E-state index is 12.0. The standard InChI is InChI=1S/C16H22N2O3/c1-2-15(19)13-3-5-14(6-4-13)17-8-7-16(20)18-9-11-21-12-10-18/h3-6,17H,2,7-12H2,1H3.